The minimum absolute atomic E-state index is 0. The van der Waals surface area contributed by atoms with E-state index in [0.717, 1.165) is 0 Å². The third kappa shape index (κ3) is 10.5. The van der Waals surface area contributed by atoms with Crippen molar-refractivity contribution in [2.45, 2.75) is 33.1 Å². The van der Waals surface area contributed by atoms with Crippen LogP contribution in [0.1, 0.15) is 32.3 Å². The zero-order chi connectivity index (χ0) is 9.23. The van der Waals surface area contributed by atoms with Crippen LogP contribution >= 0.6 is 17.0 Å². The minimum Gasteiger partial charge on any atom is -0.346 e. The van der Waals surface area contributed by atoms with Crippen molar-refractivity contribution in [2.75, 3.05) is 0 Å². The summed E-state index contributed by atoms with van der Waals surface area (Å²) in [6.45, 7) is 7.22. The van der Waals surface area contributed by atoms with Crippen molar-refractivity contribution < 1.29 is 0 Å². The first kappa shape index (κ1) is 20.0. The number of hydrogen-bond donors (Lipinski definition) is 0. The summed E-state index contributed by atoms with van der Waals surface area (Å²) in [5.74, 6) is 0. The van der Waals surface area contributed by atoms with Crippen molar-refractivity contribution in [2.24, 2.45) is 0 Å². The van der Waals surface area contributed by atoms with Crippen LogP contribution in [0.15, 0.2) is 24.3 Å². The smallest absolute Gasteiger partial charge is 0.346 e. The molecule has 0 N–H and O–H groups in total. The van der Waals surface area contributed by atoms with Gasteiger partial charge in [0.05, 0.1) is 0 Å². The topological polar surface area (TPSA) is 0 Å². The van der Waals surface area contributed by atoms with Crippen LogP contribution in [0.25, 0.3) is 0 Å². The average molecular weight is 267 g/mol. The van der Waals surface area contributed by atoms with E-state index in [-0.39, 0.29) is 40.0 Å². The predicted molar refractivity (Wildman–Crippen MR) is 71.0 cm³/mol. The van der Waals surface area contributed by atoms with Crippen LogP contribution in [0, 0.1) is 13.0 Å². The summed E-state index contributed by atoms with van der Waals surface area (Å²) in [5, 5.41) is 0. The SMILES string of the molecule is Br.CCCCc1cc[c-]cc1.[CH2-]C.[Mg+2]. The van der Waals surface area contributed by atoms with E-state index in [1.807, 2.05) is 12.1 Å². The first-order valence-electron chi connectivity index (χ1n) is 4.59. The largest absolute Gasteiger partial charge is 2.00 e. The van der Waals surface area contributed by atoms with E-state index in [9.17, 15) is 0 Å². The molecule has 0 heterocycles. The van der Waals surface area contributed by atoms with E-state index in [4.69, 9.17) is 0 Å². The first-order chi connectivity index (χ1) is 5.93. The van der Waals surface area contributed by atoms with Crippen molar-refractivity contribution in [3.8, 4) is 0 Å². The minimum atomic E-state index is 0. The molecule has 1 aromatic carbocycles. The first-order valence-corrected chi connectivity index (χ1v) is 4.59. The van der Waals surface area contributed by atoms with Gasteiger partial charge in [0, 0.05) is 0 Å². The van der Waals surface area contributed by atoms with Gasteiger partial charge in [-0.1, -0.05) is 26.2 Å². The molecule has 0 aromatic heterocycles. The molecule has 0 radical (unpaired) electrons. The van der Waals surface area contributed by atoms with Crippen molar-refractivity contribution in [1.29, 1.82) is 0 Å². The number of rotatable bonds is 3. The molecule has 1 aromatic rings. The van der Waals surface area contributed by atoms with E-state index in [1.54, 1.807) is 6.92 Å². The molecule has 0 fully saturated rings. The Kier molecular flexibility index (Phi) is 22.7. The van der Waals surface area contributed by atoms with Gasteiger partial charge in [0.15, 0.2) is 0 Å². The van der Waals surface area contributed by atoms with Gasteiger partial charge < -0.3 is 6.92 Å². The van der Waals surface area contributed by atoms with E-state index >= 15 is 0 Å². The summed E-state index contributed by atoms with van der Waals surface area (Å²) in [6, 6.07) is 11.2. The van der Waals surface area contributed by atoms with Gasteiger partial charge in [0.1, 0.15) is 0 Å². The van der Waals surface area contributed by atoms with Crippen molar-refractivity contribution in [3.63, 3.8) is 0 Å². The Morgan fingerprint density at radius 3 is 2.14 bits per heavy atom. The van der Waals surface area contributed by atoms with Gasteiger partial charge in [-0.15, -0.1) is 17.0 Å². The maximum Gasteiger partial charge on any atom is 2.00 e. The molecule has 0 aliphatic rings. The maximum absolute atomic E-state index is 3.25. The third-order valence-corrected chi connectivity index (χ3v) is 1.61. The van der Waals surface area contributed by atoms with Crippen molar-refractivity contribution in [3.05, 3.63) is 42.8 Å². The number of halogens is 1. The normalized spacial score (nSPS) is 7.36. The fourth-order valence-corrected chi connectivity index (χ4v) is 0.969. The molecule has 2 heteroatoms. The van der Waals surface area contributed by atoms with Gasteiger partial charge in [-0.05, 0) is 0 Å². The second-order valence-corrected chi connectivity index (χ2v) is 2.51. The molecule has 0 saturated carbocycles. The zero-order valence-corrected chi connectivity index (χ0v) is 12.4. The zero-order valence-electron chi connectivity index (χ0n) is 9.25. The van der Waals surface area contributed by atoms with E-state index < -0.39 is 0 Å². The quantitative estimate of drug-likeness (QED) is 0.576. The Morgan fingerprint density at radius 1 is 1.21 bits per heavy atom. The molecule has 0 unspecified atom stereocenters. The molecular weight excluding hydrogens is 248 g/mol. The molecule has 1 rings (SSSR count). The molecule has 0 nitrogen and oxygen atoms in total. The van der Waals surface area contributed by atoms with Gasteiger partial charge in [0.2, 0.25) is 0 Å². The van der Waals surface area contributed by atoms with Gasteiger partial charge >= 0.3 is 23.1 Å². The van der Waals surface area contributed by atoms with Gasteiger partial charge in [-0.2, -0.15) is 42.8 Å². The van der Waals surface area contributed by atoms with E-state index in [2.05, 4.69) is 32.0 Å². The Labute approximate surface area is 115 Å². The van der Waals surface area contributed by atoms with E-state index in [0.29, 0.717) is 0 Å². The van der Waals surface area contributed by atoms with Crippen LogP contribution in [0.2, 0.25) is 0 Å². The molecule has 0 bridgehead atoms. The number of aryl methyl sites for hydroxylation is 1. The van der Waals surface area contributed by atoms with Crippen molar-refractivity contribution >= 4 is 40.0 Å². The second kappa shape index (κ2) is 15.9. The average Bonchev–Trinajstić information content (AvgIpc) is 2.19. The maximum atomic E-state index is 3.25. The van der Waals surface area contributed by atoms with Crippen LogP contribution in [0.3, 0.4) is 0 Å². The molecule has 14 heavy (non-hydrogen) atoms. The molecular formula is C12H19BrMg. The molecule has 0 aliphatic heterocycles. The Balaban J connectivity index is -0.000000284. The van der Waals surface area contributed by atoms with Crippen molar-refractivity contribution in [1.82, 2.24) is 0 Å². The summed E-state index contributed by atoms with van der Waals surface area (Å²) in [4.78, 5) is 0. The van der Waals surface area contributed by atoms with Gasteiger partial charge in [0.25, 0.3) is 0 Å². The van der Waals surface area contributed by atoms with Gasteiger partial charge in [-0.25, -0.2) is 0 Å². The van der Waals surface area contributed by atoms with Crippen LogP contribution in [0.5, 0.6) is 0 Å². The standard InChI is InChI=1S/C10H13.C2H5.BrH.Mg/c1-2-3-7-10-8-5-4-6-9-10;1-2;;/h5-6,8-9H,2-3,7H2,1H3;1H2,2H3;1H;/q2*-1;;+2. The number of hydrogen-bond acceptors (Lipinski definition) is 0. The molecule has 0 amide bonds. The molecule has 76 valence electrons. The Morgan fingerprint density at radius 2 is 1.71 bits per heavy atom. The van der Waals surface area contributed by atoms with Crippen LogP contribution < -0.4 is 0 Å². The second-order valence-electron chi connectivity index (χ2n) is 2.51. The summed E-state index contributed by atoms with van der Waals surface area (Å²) in [6.07, 6.45) is 3.79. The van der Waals surface area contributed by atoms with Crippen LogP contribution in [-0.2, 0) is 6.42 Å². The fraction of sp³-hybridized carbons (Fsp3) is 0.417. The van der Waals surface area contributed by atoms with Crippen LogP contribution in [-0.4, -0.2) is 23.1 Å². The Hall–Kier alpha value is 0.466. The van der Waals surface area contributed by atoms with Crippen LogP contribution in [0.4, 0.5) is 0 Å². The number of benzene rings is 1. The van der Waals surface area contributed by atoms with Gasteiger partial charge in [-0.3, -0.25) is 0 Å². The summed E-state index contributed by atoms with van der Waals surface area (Å²) in [7, 11) is 0. The monoisotopic (exact) mass is 266 g/mol. The predicted octanol–water partition coefficient (Wildman–Crippen LogP) is 3.87. The summed E-state index contributed by atoms with van der Waals surface area (Å²) < 4.78 is 0. The third-order valence-electron chi connectivity index (χ3n) is 1.61. The van der Waals surface area contributed by atoms with E-state index in [1.165, 1.54) is 24.8 Å². The summed E-state index contributed by atoms with van der Waals surface area (Å²) in [5.41, 5.74) is 1.43. The number of unbranched alkanes of at least 4 members (excludes halogenated alkanes) is 1. The molecule has 0 aliphatic carbocycles. The molecule has 0 atom stereocenters. The molecule has 0 saturated heterocycles. The fourth-order valence-electron chi connectivity index (χ4n) is 0.969. The molecule has 0 spiro atoms. The summed E-state index contributed by atoms with van der Waals surface area (Å²) >= 11 is 0. The Bertz CT molecular complexity index is 175.